The summed E-state index contributed by atoms with van der Waals surface area (Å²) in [4.78, 5) is 17.9. The lowest BCUT2D eigenvalue weighted by atomic mass is 9.84. The van der Waals surface area contributed by atoms with Crippen LogP contribution in [0.25, 0.3) is 0 Å². The molecule has 0 bridgehead atoms. The van der Waals surface area contributed by atoms with Gasteiger partial charge < -0.3 is 5.32 Å². The lowest BCUT2D eigenvalue weighted by Crippen LogP contribution is -2.26. The highest BCUT2D eigenvalue weighted by Gasteiger charge is 2.24. The topological polar surface area (TPSA) is 105 Å². The monoisotopic (exact) mass is 295 g/mol. The minimum absolute atomic E-state index is 0.0173. The summed E-state index contributed by atoms with van der Waals surface area (Å²) in [5.41, 5.74) is -0.173. The number of anilines is 1. The molecule has 7 nitrogen and oxygen atoms in total. The molecule has 1 heterocycles. The van der Waals surface area contributed by atoms with Crippen LogP contribution in [0.5, 0.6) is 0 Å². The van der Waals surface area contributed by atoms with E-state index in [9.17, 15) is 10.1 Å². The molecule has 2 rings (SSSR count). The van der Waals surface area contributed by atoms with E-state index in [0.29, 0.717) is 12.3 Å². The number of nitro groups is 1. The van der Waals surface area contributed by atoms with Crippen LogP contribution in [0.1, 0.15) is 32.1 Å². The first kappa shape index (κ1) is 14.5. The van der Waals surface area contributed by atoms with Crippen molar-refractivity contribution < 1.29 is 4.92 Å². The Labute approximate surface area is 121 Å². The summed E-state index contributed by atoms with van der Waals surface area (Å²) in [7, 11) is 0. The molecule has 0 radical (unpaired) electrons. The minimum atomic E-state index is -0.528. The molecule has 1 aromatic heterocycles. The average Bonchev–Trinajstić information content (AvgIpc) is 2.41. The van der Waals surface area contributed by atoms with Gasteiger partial charge in [0.05, 0.1) is 11.0 Å². The zero-order valence-corrected chi connectivity index (χ0v) is 11.5. The van der Waals surface area contributed by atoms with E-state index in [1.807, 2.05) is 0 Å². The molecule has 20 heavy (non-hydrogen) atoms. The third kappa shape index (κ3) is 3.54. The van der Waals surface area contributed by atoms with E-state index in [2.05, 4.69) is 21.4 Å². The first-order valence-corrected chi connectivity index (χ1v) is 6.78. The molecule has 1 fully saturated rings. The summed E-state index contributed by atoms with van der Waals surface area (Å²) in [6.07, 6.45) is 5.30. The zero-order chi connectivity index (χ0) is 14.5. The Morgan fingerprint density at radius 1 is 1.50 bits per heavy atom. The molecule has 1 aliphatic rings. The molecular weight excluding hydrogens is 282 g/mol. The number of halogens is 1. The van der Waals surface area contributed by atoms with Crippen molar-refractivity contribution in [3.8, 4) is 6.07 Å². The molecule has 0 aliphatic heterocycles. The summed E-state index contributed by atoms with van der Waals surface area (Å²) in [6.45, 7) is 0. The number of hydrogen-bond acceptors (Lipinski definition) is 6. The number of nitrogens with zero attached hydrogens (tertiary/aromatic N) is 4. The molecule has 8 heteroatoms. The lowest BCUT2D eigenvalue weighted by Gasteiger charge is -2.27. The van der Waals surface area contributed by atoms with Crippen molar-refractivity contribution in [2.24, 2.45) is 5.92 Å². The van der Waals surface area contributed by atoms with Gasteiger partial charge in [-0.2, -0.15) is 10.2 Å². The van der Waals surface area contributed by atoms with Crippen molar-refractivity contribution >= 4 is 23.1 Å². The lowest BCUT2D eigenvalue weighted by molar-refractivity contribution is -0.384. The summed E-state index contributed by atoms with van der Waals surface area (Å²) in [5, 5.41) is 22.7. The number of nitriles is 1. The van der Waals surface area contributed by atoms with Crippen LogP contribution in [0.15, 0.2) is 6.20 Å². The predicted octanol–water partition coefficient (Wildman–Crippen LogP) is 2.92. The summed E-state index contributed by atoms with van der Waals surface area (Å²) >= 11 is 5.68. The maximum Gasteiger partial charge on any atom is 0.329 e. The van der Waals surface area contributed by atoms with E-state index in [1.54, 1.807) is 0 Å². The maximum atomic E-state index is 10.9. The van der Waals surface area contributed by atoms with Gasteiger partial charge in [0.2, 0.25) is 11.1 Å². The van der Waals surface area contributed by atoms with Crippen molar-refractivity contribution in [1.29, 1.82) is 5.26 Å². The van der Waals surface area contributed by atoms with Crippen LogP contribution in [-0.2, 0) is 0 Å². The third-order valence-corrected chi connectivity index (χ3v) is 3.69. The number of hydrogen-bond donors (Lipinski definition) is 1. The summed E-state index contributed by atoms with van der Waals surface area (Å²) in [5.74, 6) is 0.598. The second-order valence-corrected chi connectivity index (χ2v) is 5.19. The van der Waals surface area contributed by atoms with Crippen molar-refractivity contribution in [2.45, 2.75) is 38.1 Å². The van der Waals surface area contributed by atoms with Crippen molar-refractivity contribution in [3.63, 3.8) is 0 Å². The van der Waals surface area contributed by atoms with E-state index < -0.39 is 4.92 Å². The van der Waals surface area contributed by atoms with Gasteiger partial charge >= 0.3 is 5.69 Å². The van der Waals surface area contributed by atoms with Gasteiger partial charge in [-0.15, -0.1) is 0 Å². The quantitative estimate of drug-likeness (QED) is 0.520. The Kier molecular flexibility index (Phi) is 4.69. The fourth-order valence-corrected chi connectivity index (χ4v) is 2.56. The molecule has 1 aliphatic carbocycles. The van der Waals surface area contributed by atoms with Crippen LogP contribution in [0.3, 0.4) is 0 Å². The molecule has 0 saturated heterocycles. The van der Waals surface area contributed by atoms with Gasteiger partial charge in [-0.05, 0) is 43.2 Å². The molecule has 0 unspecified atom stereocenters. The zero-order valence-electron chi connectivity index (χ0n) is 10.8. The Morgan fingerprint density at radius 2 is 2.20 bits per heavy atom. The van der Waals surface area contributed by atoms with Crippen LogP contribution in [0.2, 0.25) is 5.28 Å². The van der Waals surface area contributed by atoms with E-state index in [1.165, 1.54) is 0 Å². The van der Waals surface area contributed by atoms with Gasteiger partial charge in [0, 0.05) is 12.5 Å². The van der Waals surface area contributed by atoms with Crippen LogP contribution in [0.4, 0.5) is 11.5 Å². The van der Waals surface area contributed by atoms with Gasteiger partial charge in [-0.1, -0.05) is 0 Å². The van der Waals surface area contributed by atoms with Crippen LogP contribution in [-0.4, -0.2) is 20.9 Å². The normalized spacial score (nSPS) is 22.0. The summed E-state index contributed by atoms with van der Waals surface area (Å²) < 4.78 is 0. The average molecular weight is 296 g/mol. The maximum absolute atomic E-state index is 10.9. The van der Waals surface area contributed by atoms with Crippen molar-refractivity contribution in [3.05, 3.63) is 21.6 Å². The van der Waals surface area contributed by atoms with Gasteiger partial charge in [0.15, 0.2) is 0 Å². The van der Waals surface area contributed by atoms with Gasteiger partial charge in [0.25, 0.3) is 0 Å². The minimum Gasteiger partial charge on any atom is -0.361 e. The van der Waals surface area contributed by atoms with Gasteiger partial charge in [-0.3, -0.25) is 10.1 Å². The smallest absolute Gasteiger partial charge is 0.329 e. The molecule has 0 aromatic carbocycles. The molecule has 0 atom stereocenters. The van der Waals surface area contributed by atoms with Gasteiger partial charge in [0.1, 0.15) is 6.20 Å². The SMILES string of the molecule is N#CCC1CCC(Nc2nc(Cl)ncc2[N+](=O)[O-])CC1. The first-order valence-electron chi connectivity index (χ1n) is 6.40. The van der Waals surface area contributed by atoms with Crippen LogP contribution >= 0.6 is 11.6 Å². The second kappa shape index (κ2) is 6.48. The van der Waals surface area contributed by atoms with Crippen LogP contribution < -0.4 is 5.32 Å². The molecule has 106 valence electrons. The highest BCUT2D eigenvalue weighted by molar-refractivity contribution is 6.28. The first-order chi connectivity index (χ1) is 9.60. The Hall–Kier alpha value is -1.94. The number of aromatic nitrogens is 2. The van der Waals surface area contributed by atoms with E-state index in [4.69, 9.17) is 16.9 Å². The largest absolute Gasteiger partial charge is 0.361 e. The predicted molar refractivity (Wildman–Crippen MR) is 73.3 cm³/mol. The summed E-state index contributed by atoms with van der Waals surface area (Å²) in [6, 6.07) is 2.31. The molecule has 1 aromatic rings. The molecule has 1 saturated carbocycles. The number of nitrogens with one attached hydrogen (secondary N) is 1. The standard InChI is InChI=1S/C12H14ClN5O2/c13-12-15-7-10(18(19)20)11(17-12)16-9-3-1-8(2-4-9)5-6-14/h7-9H,1-5H2,(H,15,16,17). The fourth-order valence-electron chi connectivity index (χ4n) is 2.43. The molecular formula is C12H14ClN5O2. The Balaban J connectivity index is 2.02. The van der Waals surface area contributed by atoms with E-state index in [-0.39, 0.29) is 22.8 Å². The van der Waals surface area contributed by atoms with Gasteiger partial charge in [-0.25, -0.2) is 4.98 Å². The van der Waals surface area contributed by atoms with Crippen molar-refractivity contribution in [1.82, 2.24) is 9.97 Å². The fraction of sp³-hybridized carbons (Fsp3) is 0.583. The molecule has 0 spiro atoms. The third-order valence-electron chi connectivity index (χ3n) is 3.50. The van der Waals surface area contributed by atoms with Crippen molar-refractivity contribution in [2.75, 3.05) is 5.32 Å². The second-order valence-electron chi connectivity index (χ2n) is 4.85. The highest BCUT2D eigenvalue weighted by atomic mass is 35.5. The number of rotatable bonds is 4. The Morgan fingerprint density at radius 3 is 2.80 bits per heavy atom. The Bertz CT molecular complexity index is 537. The van der Waals surface area contributed by atoms with E-state index in [0.717, 1.165) is 31.9 Å². The highest BCUT2D eigenvalue weighted by Crippen LogP contribution is 2.30. The van der Waals surface area contributed by atoms with E-state index >= 15 is 0 Å². The molecule has 0 amide bonds. The van der Waals surface area contributed by atoms with Crippen LogP contribution in [0, 0.1) is 27.4 Å². The molecule has 1 N–H and O–H groups in total.